The van der Waals surface area contributed by atoms with E-state index in [0.29, 0.717) is 4.90 Å². The molecule has 0 amide bonds. The summed E-state index contributed by atoms with van der Waals surface area (Å²) in [6.07, 6.45) is 0. The molecule has 0 saturated carbocycles. The van der Waals surface area contributed by atoms with Crippen LogP contribution in [0.25, 0.3) is 0 Å². The summed E-state index contributed by atoms with van der Waals surface area (Å²) in [4.78, 5) is 0.551. The molecule has 1 aromatic carbocycles. The average molecular weight is 158 g/mol. The van der Waals surface area contributed by atoms with Crippen LogP contribution < -0.4 is 0 Å². The summed E-state index contributed by atoms with van der Waals surface area (Å²) in [5.74, 6) is -0.953. The van der Waals surface area contributed by atoms with Crippen LogP contribution in [0.1, 0.15) is 5.56 Å². The summed E-state index contributed by atoms with van der Waals surface area (Å²) in [5, 5.41) is 8.82. The first-order valence-corrected chi connectivity index (χ1v) is 3.24. The van der Waals surface area contributed by atoms with E-state index in [1.807, 2.05) is 0 Å². The summed E-state index contributed by atoms with van der Waals surface area (Å²) < 4.78 is 12.5. The minimum absolute atomic E-state index is 0.324. The molecule has 0 atom stereocenters. The van der Waals surface area contributed by atoms with Gasteiger partial charge in [0.15, 0.2) is 11.6 Å². The monoisotopic (exact) mass is 158 g/mol. The van der Waals surface area contributed by atoms with E-state index in [2.05, 4.69) is 12.6 Å². The van der Waals surface area contributed by atoms with Gasteiger partial charge in [0.25, 0.3) is 0 Å². The summed E-state index contributed by atoms with van der Waals surface area (Å²) in [7, 11) is 0. The number of aromatic hydroxyl groups is 1. The highest BCUT2D eigenvalue weighted by atomic mass is 32.1. The van der Waals surface area contributed by atoms with Gasteiger partial charge in [0.2, 0.25) is 0 Å². The van der Waals surface area contributed by atoms with Crippen molar-refractivity contribution in [3.05, 3.63) is 23.5 Å². The maximum Gasteiger partial charge on any atom is 0.165 e. The van der Waals surface area contributed by atoms with Crippen LogP contribution in [0.3, 0.4) is 0 Å². The van der Waals surface area contributed by atoms with Gasteiger partial charge >= 0.3 is 0 Å². The van der Waals surface area contributed by atoms with Gasteiger partial charge in [0.05, 0.1) is 0 Å². The Morgan fingerprint density at radius 2 is 2.10 bits per heavy atom. The summed E-state index contributed by atoms with van der Waals surface area (Å²) in [6, 6.07) is 2.53. The molecule has 1 aromatic rings. The molecule has 0 bridgehead atoms. The predicted octanol–water partition coefficient (Wildman–Crippen LogP) is 2.13. The fraction of sp³-hybridized carbons (Fsp3) is 0.143. The lowest BCUT2D eigenvalue weighted by Crippen LogP contribution is -1.80. The van der Waals surface area contributed by atoms with E-state index in [0.717, 1.165) is 5.56 Å². The summed E-state index contributed by atoms with van der Waals surface area (Å²) >= 11 is 3.96. The number of aryl methyl sites for hydroxylation is 1. The molecule has 1 nitrogen and oxygen atoms in total. The number of phenols is 1. The van der Waals surface area contributed by atoms with E-state index in [9.17, 15) is 4.39 Å². The van der Waals surface area contributed by atoms with E-state index < -0.39 is 5.82 Å². The first kappa shape index (κ1) is 7.41. The molecule has 0 saturated heterocycles. The Balaban J connectivity index is 3.28. The van der Waals surface area contributed by atoms with Crippen LogP contribution in [0.4, 0.5) is 4.39 Å². The van der Waals surface area contributed by atoms with Crippen LogP contribution in [-0.2, 0) is 0 Å². The predicted molar refractivity (Wildman–Crippen MR) is 40.1 cm³/mol. The number of rotatable bonds is 0. The first-order valence-electron chi connectivity index (χ1n) is 2.79. The number of thiol groups is 1. The molecule has 0 aliphatic carbocycles. The normalized spacial score (nSPS) is 9.90. The van der Waals surface area contributed by atoms with E-state index in [4.69, 9.17) is 5.11 Å². The minimum atomic E-state index is -0.629. The zero-order valence-corrected chi connectivity index (χ0v) is 6.32. The minimum Gasteiger partial charge on any atom is -0.505 e. The van der Waals surface area contributed by atoms with Crippen LogP contribution in [0, 0.1) is 12.7 Å². The molecule has 0 spiro atoms. The molecule has 10 heavy (non-hydrogen) atoms. The zero-order valence-electron chi connectivity index (χ0n) is 5.43. The zero-order chi connectivity index (χ0) is 7.72. The Morgan fingerprint density at radius 3 is 2.60 bits per heavy atom. The Morgan fingerprint density at radius 1 is 1.50 bits per heavy atom. The Bertz CT molecular complexity index is 210. The fourth-order valence-electron chi connectivity index (χ4n) is 0.656. The fourth-order valence-corrected chi connectivity index (χ4v) is 0.834. The van der Waals surface area contributed by atoms with Crippen LogP contribution in [-0.4, -0.2) is 5.11 Å². The molecule has 0 unspecified atom stereocenters. The number of benzene rings is 1. The number of hydrogen-bond donors (Lipinski definition) is 2. The van der Waals surface area contributed by atoms with Crippen molar-refractivity contribution in [1.82, 2.24) is 0 Å². The number of halogens is 1. The molecule has 1 N–H and O–H groups in total. The van der Waals surface area contributed by atoms with Gasteiger partial charge in [-0.3, -0.25) is 0 Å². The molecule has 54 valence electrons. The highest BCUT2D eigenvalue weighted by Gasteiger charge is 2.01. The van der Waals surface area contributed by atoms with E-state index in [1.54, 1.807) is 6.92 Å². The van der Waals surface area contributed by atoms with Crippen molar-refractivity contribution in [3.63, 3.8) is 0 Å². The molecule has 0 fully saturated rings. The van der Waals surface area contributed by atoms with Gasteiger partial charge in [-0.25, -0.2) is 4.39 Å². The second-order valence-electron chi connectivity index (χ2n) is 2.09. The largest absolute Gasteiger partial charge is 0.505 e. The van der Waals surface area contributed by atoms with E-state index in [1.165, 1.54) is 12.1 Å². The van der Waals surface area contributed by atoms with E-state index in [-0.39, 0.29) is 5.75 Å². The third-order valence-corrected chi connectivity index (χ3v) is 1.75. The van der Waals surface area contributed by atoms with Gasteiger partial charge in [0, 0.05) is 4.90 Å². The van der Waals surface area contributed by atoms with Crippen molar-refractivity contribution >= 4 is 12.6 Å². The van der Waals surface area contributed by atoms with Crippen LogP contribution in [0.2, 0.25) is 0 Å². The number of phenolic OH excluding ortho intramolecular Hbond substituents is 1. The van der Waals surface area contributed by atoms with Crippen LogP contribution in [0.5, 0.6) is 5.75 Å². The maximum atomic E-state index is 12.5. The molecular weight excluding hydrogens is 151 g/mol. The first-order chi connectivity index (χ1) is 4.61. The molecule has 0 aliphatic rings. The molecule has 1 rings (SSSR count). The van der Waals surface area contributed by atoms with E-state index >= 15 is 0 Å². The lowest BCUT2D eigenvalue weighted by molar-refractivity contribution is 0.430. The van der Waals surface area contributed by atoms with Crippen molar-refractivity contribution in [1.29, 1.82) is 0 Å². The molecule has 3 heteroatoms. The lowest BCUT2D eigenvalue weighted by Gasteiger charge is -1.99. The molecular formula is C7H7FOS. The van der Waals surface area contributed by atoms with Gasteiger partial charge in [-0.15, -0.1) is 12.6 Å². The van der Waals surface area contributed by atoms with Crippen molar-refractivity contribution < 1.29 is 9.50 Å². The highest BCUT2D eigenvalue weighted by molar-refractivity contribution is 7.80. The SMILES string of the molecule is Cc1cc(O)c(F)cc1S. The Labute approximate surface area is 63.9 Å². The molecule has 0 aliphatic heterocycles. The quantitative estimate of drug-likeness (QED) is 0.554. The lowest BCUT2D eigenvalue weighted by atomic mass is 10.2. The van der Waals surface area contributed by atoms with Crippen LogP contribution in [0.15, 0.2) is 17.0 Å². The van der Waals surface area contributed by atoms with Crippen molar-refractivity contribution in [3.8, 4) is 5.75 Å². The molecule has 0 radical (unpaired) electrons. The van der Waals surface area contributed by atoms with Gasteiger partial charge < -0.3 is 5.11 Å². The van der Waals surface area contributed by atoms with Gasteiger partial charge in [-0.1, -0.05) is 0 Å². The standard InChI is InChI=1S/C7H7FOS/c1-4-2-6(9)5(8)3-7(4)10/h2-3,9-10H,1H3. The van der Waals surface area contributed by atoms with Crippen molar-refractivity contribution in [2.45, 2.75) is 11.8 Å². The van der Waals surface area contributed by atoms with Gasteiger partial charge in [-0.05, 0) is 24.6 Å². The van der Waals surface area contributed by atoms with Crippen molar-refractivity contribution in [2.75, 3.05) is 0 Å². The van der Waals surface area contributed by atoms with Gasteiger partial charge in [-0.2, -0.15) is 0 Å². The third-order valence-electron chi connectivity index (χ3n) is 1.27. The second-order valence-corrected chi connectivity index (χ2v) is 2.57. The Kier molecular flexibility index (Phi) is 1.85. The smallest absolute Gasteiger partial charge is 0.165 e. The Hall–Kier alpha value is -0.700. The van der Waals surface area contributed by atoms with Crippen molar-refractivity contribution in [2.24, 2.45) is 0 Å². The van der Waals surface area contributed by atoms with Gasteiger partial charge in [0.1, 0.15) is 0 Å². The molecule has 0 aromatic heterocycles. The highest BCUT2D eigenvalue weighted by Crippen LogP contribution is 2.22. The summed E-state index contributed by atoms with van der Waals surface area (Å²) in [5.41, 5.74) is 0.766. The molecule has 0 heterocycles. The number of hydrogen-bond acceptors (Lipinski definition) is 2. The summed E-state index contributed by atoms with van der Waals surface area (Å²) in [6.45, 7) is 1.75. The maximum absolute atomic E-state index is 12.5. The topological polar surface area (TPSA) is 20.2 Å². The second kappa shape index (κ2) is 2.50. The van der Waals surface area contributed by atoms with Crippen LogP contribution >= 0.6 is 12.6 Å². The average Bonchev–Trinajstić information content (AvgIpc) is 1.84. The third kappa shape index (κ3) is 1.24.